The summed E-state index contributed by atoms with van der Waals surface area (Å²) in [6.45, 7) is 6.36. The van der Waals surface area contributed by atoms with E-state index in [1.54, 1.807) is 6.08 Å². The van der Waals surface area contributed by atoms with E-state index in [9.17, 15) is 5.11 Å². The lowest BCUT2D eigenvalue weighted by molar-refractivity contribution is -0.325. The van der Waals surface area contributed by atoms with Crippen LogP contribution in [0.1, 0.15) is 38.0 Å². The molecule has 5 nitrogen and oxygen atoms in total. The van der Waals surface area contributed by atoms with Crippen LogP contribution in [0.2, 0.25) is 0 Å². The molecule has 0 aliphatic carbocycles. The molecule has 3 heterocycles. The zero-order chi connectivity index (χ0) is 17.4. The van der Waals surface area contributed by atoms with E-state index >= 15 is 0 Å². The average molecular weight is 346 g/mol. The van der Waals surface area contributed by atoms with Crippen LogP contribution in [0.25, 0.3) is 0 Å². The number of ether oxygens (including phenoxy) is 4. The van der Waals surface area contributed by atoms with Crippen LogP contribution < -0.4 is 0 Å². The van der Waals surface area contributed by atoms with Gasteiger partial charge in [-0.1, -0.05) is 36.4 Å². The van der Waals surface area contributed by atoms with E-state index in [4.69, 9.17) is 18.9 Å². The Hall–Kier alpha value is -1.24. The van der Waals surface area contributed by atoms with Crippen molar-refractivity contribution in [3.05, 3.63) is 48.6 Å². The first-order chi connectivity index (χ1) is 12.1. The predicted molar refractivity (Wildman–Crippen MR) is 92.0 cm³/mol. The van der Waals surface area contributed by atoms with Crippen LogP contribution in [0.5, 0.6) is 0 Å². The van der Waals surface area contributed by atoms with Gasteiger partial charge in [-0.3, -0.25) is 0 Å². The Labute approximate surface area is 148 Å². The minimum atomic E-state index is -0.542. The Morgan fingerprint density at radius 1 is 1.20 bits per heavy atom. The number of fused-ring (bicyclic) bond motifs is 2. The first-order valence-corrected chi connectivity index (χ1v) is 9.05. The Morgan fingerprint density at radius 3 is 2.76 bits per heavy atom. The average Bonchev–Trinajstić information content (AvgIpc) is 2.76. The number of aliphatic hydroxyl groups is 1. The molecular weight excluding hydrogens is 320 g/mol. The van der Waals surface area contributed by atoms with Gasteiger partial charge in [-0.15, -0.1) is 6.58 Å². The van der Waals surface area contributed by atoms with Crippen molar-refractivity contribution < 1.29 is 24.1 Å². The quantitative estimate of drug-likeness (QED) is 0.835. The molecule has 3 fully saturated rings. The van der Waals surface area contributed by atoms with E-state index in [0.29, 0.717) is 13.0 Å². The largest absolute Gasteiger partial charge is 0.390 e. The van der Waals surface area contributed by atoms with E-state index in [2.05, 4.69) is 13.5 Å². The Bertz CT molecular complexity index is 605. The molecule has 3 aliphatic rings. The van der Waals surface area contributed by atoms with Gasteiger partial charge in [0.1, 0.15) is 12.2 Å². The summed E-state index contributed by atoms with van der Waals surface area (Å²) in [4.78, 5) is 0. The van der Waals surface area contributed by atoms with E-state index < -0.39 is 11.7 Å². The van der Waals surface area contributed by atoms with Crippen LogP contribution >= 0.6 is 0 Å². The highest BCUT2D eigenvalue weighted by Gasteiger charge is 2.51. The second-order valence-electron chi connectivity index (χ2n) is 7.39. The lowest BCUT2D eigenvalue weighted by atomic mass is 9.84. The second kappa shape index (κ2) is 6.82. The number of rotatable bonds is 2. The van der Waals surface area contributed by atoms with Gasteiger partial charge >= 0.3 is 0 Å². The fourth-order valence-electron chi connectivity index (χ4n) is 4.07. The summed E-state index contributed by atoms with van der Waals surface area (Å²) < 4.78 is 24.6. The summed E-state index contributed by atoms with van der Waals surface area (Å²) in [5.74, 6) is 0. The molecule has 0 unspecified atom stereocenters. The number of hydrogen-bond donors (Lipinski definition) is 1. The molecule has 0 radical (unpaired) electrons. The highest BCUT2D eigenvalue weighted by Crippen LogP contribution is 2.43. The van der Waals surface area contributed by atoms with Gasteiger partial charge in [0.15, 0.2) is 6.29 Å². The van der Waals surface area contributed by atoms with E-state index in [0.717, 1.165) is 18.4 Å². The number of hydrogen-bond acceptors (Lipinski definition) is 5. The first kappa shape index (κ1) is 17.2. The molecule has 1 aromatic carbocycles. The minimum absolute atomic E-state index is 0.0854. The van der Waals surface area contributed by atoms with Crippen LogP contribution in [0, 0.1) is 0 Å². The normalized spacial score (nSPS) is 44.2. The molecule has 0 amide bonds. The monoisotopic (exact) mass is 346 g/mol. The zero-order valence-electron chi connectivity index (χ0n) is 14.5. The predicted octanol–water partition coefficient (Wildman–Crippen LogP) is 2.74. The molecule has 3 saturated heterocycles. The highest BCUT2D eigenvalue weighted by molar-refractivity contribution is 5.16. The van der Waals surface area contributed by atoms with Gasteiger partial charge < -0.3 is 24.1 Å². The summed E-state index contributed by atoms with van der Waals surface area (Å²) in [5.41, 5.74) is 0.571. The molecule has 136 valence electrons. The van der Waals surface area contributed by atoms with Crippen molar-refractivity contribution >= 4 is 0 Å². The summed E-state index contributed by atoms with van der Waals surface area (Å²) >= 11 is 0. The van der Waals surface area contributed by atoms with Gasteiger partial charge in [0.05, 0.1) is 30.5 Å². The van der Waals surface area contributed by atoms with Crippen molar-refractivity contribution in [2.45, 2.75) is 68.6 Å². The summed E-state index contributed by atoms with van der Waals surface area (Å²) in [5, 5.41) is 10.3. The number of aliphatic hydroxyl groups excluding tert-OH is 1. The van der Waals surface area contributed by atoms with Crippen LogP contribution in [0.4, 0.5) is 0 Å². The molecule has 4 rings (SSSR count). The second-order valence-corrected chi connectivity index (χ2v) is 7.39. The lowest BCUT2D eigenvalue weighted by Gasteiger charge is -2.50. The molecule has 25 heavy (non-hydrogen) atoms. The van der Waals surface area contributed by atoms with Gasteiger partial charge in [0.2, 0.25) is 0 Å². The Kier molecular flexibility index (Phi) is 4.69. The third-order valence-corrected chi connectivity index (χ3v) is 5.61. The van der Waals surface area contributed by atoms with Gasteiger partial charge in [-0.2, -0.15) is 0 Å². The van der Waals surface area contributed by atoms with Crippen LogP contribution in [-0.2, 0) is 18.9 Å². The van der Waals surface area contributed by atoms with Crippen LogP contribution in [-0.4, -0.2) is 47.8 Å². The van der Waals surface area contributed by atoms with E-state index in [1.165, 1.54) is 0 Å². The summed E-state index contributed by atoms with van der Waals surface area (Å²) in [6, 6.07) is 9.95. The molecule has 7 atom stereocenters. The number of benzene rings is 1. The van der Waals surface area contributed by atoms with Crippen LogP contribution in [0.15, 0.2) is 43.0 Å². The molecule has 5 heteroatoms. The third kappa shape index (κ3) is 3.27. The third-order valence-electron chi connectivity index (χ3n) is 5.61. The first-order valence-electron chi connectivity index (χ1n) is 9.05. The fourth-order valence-corrected chi connectivity index (χ4v) is 4.07. The van der Waals surface area contributed by atoms with E-state index in [1.807, 2.05) is 30.3 Å². The van der Waals surface area contributed by atoms with Gasteiger partial charge in [0.25, 0.3) is 0 Å². The van der Waals surface area contributed by atoms with Crippen molar-refractivity contribution in [2.75, 3.05) is 6.61 Å². The molecule has 0 aromatic heterocycles. The van der Waals surface area contributed by atoms with Gasteiger partial charge in [-0.25, -0.2) is 0 Å². The molecule has 1 N–H and O–H groups in total. The maximum atomic E-state index is 10.3. The van der Waals surface area contributed by atoms with Gasteiger partial charge in [-0.05, 0) is 19.8 Å². The highest BCUT2D eigenvalue weighted by atomic mass is 16.7. The van der Waals surface area contributed by atoms with Crippen molar-refractivity contribution in [1.29, 1.82) is 0 Å². The van der Waals surface area contributed by atoms with Crippen molar-refractivity contribution in [2.24, 2.45) is 0 Å². The SMILES string of the molecule is C=C[C@@H]1O[C@@H]2C[C@@H]3O[C@H](c4ccccc4)OC[C@H]3O[C@@]2(C)CC[C@H]1O. The standard InChI is InChI=1S/C20H26O5/c1-3-15-14(21)9-10-20(2)18(23-15)11-16-17(25-20)12-22-19(24-16)13-7-5-4-6-8-13/h3-8,14-19,21H,1,9-12H2,2H3/t14-,15+,16+,17-,18-,19-,20+/m1/s1. The Morgan fingerprint density at radius 2 is 2.00 bits per heavy atom. The minimum Gasteiger partial charge on any atom is -0.390 e. The Balaban J connectivity index is 1.51. The fraction of sp³-hybridized carbons (Fsp3) is 0.600. The smallest absolute Gasteiger partial charge is 0.184 e. The maximum absolute atomic E-state index is 10.3. The molecule has 3 aliphatic heterocycles. The maximum Gasteiger partial charge on any atom is 0.184 e. The van der Waals surface area contributed by atoms with Crippen molar-refractivity contribution in [3.8, 4) is 0 Å². The topological polar surface area (TPSA) is 57.2 Å². The van der Waals surface area contributed by atoms with Crippen molar-refractivity contribution in [3.63, 3.8) is 0 Å². The van der Waals surface area contributed by atoms with Crippen molar-refractivity contribution in [1.82, 2.24) is 0 Å². The lowest BCUT2D eigenvalue weighted by Crippen LogP contribution is -2.59. The summed E-state index contributed by atoms with van der Waals surface area (Å²) in [6.07, 6.45) is 2.18. The van der Waals surface area contributed by atoms with Gasteiger partial charge in [0, 0.05) is 12.0 Å². The molecule has 0 saturated carbocycles. The molecule has 0 spiro atoms. The van der Waals surface area contributed by atoms with E-state index in [-0.39, 0.29) is 30.7 Å². The van der Waals surface area contributed by atoms with Crippen LogP contribution in [0.3, 0.4) is 0 Å². The molecule has 0 bridgehead atoms. The summed E-state index contributed by atoms with van der Waals surface area (Å²) in [7, 11) is 0. The molecule has 1 aromatic rings. The zero-order valence-corrected chi connectivity index (χ0v) is 14.5. The molecular formula is C20H26O5.